The Morgan fingerprint density at radius 3 is 2.11 bits per heavy atom. The van der Waals surface area contributed by atoms with E-state index < -0.39 is 11.9 Å². The van der Waals surface area contributed by atoms with Crippen LogP contribution in [0.3, 0.4) is 0 Å². The van der Waals surface area contributed by atoms with E-state index in [1.807, 2.05) is 66.7 Å². The van der Waals surface area contributed by atoms with E-state index in [9.17, 15) is 14.7 Å². The van der Waals surface area contributed by atoms with Crippen LogP contribution in [0.1, 0.15) is 67.3 Å². The molecular formula is C32H36O4. The number of rotatable bonds is 12. The Balaban J connectivity index is 1.28. The zero-order chi connectivity index (χ0) is 25.2. The van der Waals surface area contributed by atoms with Gasteiger partial charge in [-0.05, 0) is 66.8 Å². The number of aryl methyl sites for hydroxylation is 1. The minimum atomic E-state index is -0.904. The number of benzene rings is 3. The molecule has 0 heterocycles. The summed E-state index contributed by atoms with van der Waals surface area (Å²) in [6.07, 6.45) is 8.59. The molecule has 1 saturated carbocycles. The van der Waals surface area contributed by atoms with E-state index in [-0.39, 0.29) is 12.2 Å². The normalized spacial score (nSPS) is 14.8. The van der Waals surface area contributed by atoms with Crippen LogP contribution in [0, 0.1) is 11.8 Å². The van der Waals surface area contributed by atoms with Crippen LogP contribution in [-0.2, 0) is 11.2 Å². The fraction of sp³-hybridized carbons (Fsp3) is 0.375. The predicted octanol–water partition coefficient (Wildman–Crippen LogP) is 7.61. The third kappa shape index (κ3) is 7.55. The Hall–Kier alpha value is -3.40. The summed E-state index contributed by atoms with van der Waals surface area (Å²) in [5.41, 5.74) is 3.82. The first-order valence-electron chi connectivity index (χ1n) is 13.2. The van der Waals surface area contributed by atoms with Crippen molar-refractivity contribution < 1.29 is 19.4 Å². The van der Waals surface area contributed by atoms with Crippen LogP contribution in [0.4, 0.5) is 0 Å². The second-order valence-electron chi connectivity index (χ2n) is 9.96. The van der Waals surface area contributed by atoms with Crippen LogP contribution in [-0.4, -0.2) is 23.5 Å². The van der Waals surface area contributed by atoms with Crippen molar-refractivity contribution >= 4 is 11.8 Å². The summed E-state index contributed by atoms with van der Waals surface area (Å²) in [6.45, 7) is 0.791. The Labute approximate surface area is 214 Å². The van der Waals surface area contributed by atoms with Crippen molar-refractivity contribution in [1.82, 2.24) is 0 Å². The molecule has 1 aliphatic carbocycles. The van der Waals surface area contributed by atoms with Crippen LogP contribution in [0.5, 0.6) is 5.75 Å². The minimum Gasteiger partial charge on any atom is -0.493 e. The monoisotopic (exact) mass is 484 g/mol. The fourth-order valence-corrected chi connectivity index (χ4v) is 5.01. The molecule has 0 amide bonds. The lowest BCUT2D eigenvalue weighted by molar-refractivity contribution is -0.141. The Morgan fingerprint density at radius 2 is 1.47 bits per heavy atom. The quantitative estimate of drug-likeness (QED) is 0.269. The molecule has 4 nitrogen and oxygen atoms in total. The molecule has 0 radical (unpaired) electrons. The average molecular weight is 485 g/mol. The van der Waals surface area contributed by atoms with Crippen LogP contribution < -0.4 is 4.74 Å². The topological polar surface area (TPSA) is 63.6 Å². The highest BCUT2D eigenvalue weighted by Crippen LogP contribution is 2.27. The van der Waals surface area contributed by atoms with Gasteiger partial charge in [-0.3, -0.25) is 9.59 Å². The highest BCUT2D eigenvalue weighted by molar-refractivity contribution is 5.98. The zero-order valence-electron chi connectivity index (χ0n) is 20.9. The van der Waals surface area contributed by atoms with E-state index >= 15 is 0 Å². The van der Waals surface area contributed by atoms with Crippen molar-refractivity contribution in [3.63, 3.8) is 0 Å². The lowest BCUT2D eigenvalue weighted by atomic mass is 9.90. The summed E-state index contributed by atoms with van der Waals surface area (Å²) in [5.74, 6) is -0.128. The van der Waals surface area contributed by atoms with Crippen LogP contribution in [0.25, 0.3) is 11.1 Å². The number of carbonyl (C=O) groups excluding carboxylic acids is 1. The van der Waals surface area contributed by atoms with Gasteiger partial charge in [-0.1, -0.05) is 86.0 Å². The lowest BCUT2D eigenvalue weighted by Gasteiger charge is -2.21. The van der Waals surface area contributed by atoms with Crippen molar-refractivity contribution in [2.45, 2.75) is 57.8 Å². The highest BCUT2D eigenvalue weighted by atomic mass is 16.5. The van der Waals surface area contributed by atoms with Gasteiger partial charge in [-0.15, -0.1) is 0 Å². The second kappa shape index (κ2) is 13.1. The molecule has 0 spiro atoms. The minimum absolute atomic E-state index is 0.0243. The third-order valence-corrected chi connectivity index (χ3v) is 7.25. The van der Waals surface area contributed by atoms with Gasteiger partial charge in [-0.2, -0.15) is 0 Å². The van der Waals surface area contributed by atoms with Crippen molar-refractivity contribution in [2.24, 2.45) is 11.8 Å². The molecule has 4 rings (SSSR count). The number of Topliss-reactive ketones (excluding diaryl/α,β-unsaturated/α-hetero) is 1. The molecule has 1 atom stereocenters. The van der Waals surface area contributed by atoms with Crippen LogP contribution >= 0.6 is 0 Å². The number of carbonyl (C=O) groups is 2. The number of hydrogen-bond donors (Lipinski definition) is 1. The van der Waals surface area contributed by atoms with Gasteiger partial charge in [0.1, 0.15) is 5.75 Å². The van der Waals surface area contributed by atoms with Crippen molar-refractivity contribution in [1.29, 1.82) is 0 Å². The summed E-state index contributed by atoms with van der Waals surface area (Å²) < 4.78 is 6.00. The number of ketones is 1. The molecule has 0 aliphatic heterocycles. The van der Waals surface area contributed by atoms with E-state index in [0.29, 0.717) is 17.9 Å². The van der Waals surface area contributed by atoms with Gasteiger partial charge in [-0.25, -0.2) is 0 Å². The molecule has 4 heteroatoms. The Kier molecular flexibility index (Phi) is 9.32. The number of hydrogen-bond acceptors (Lipinski definition) is 3. The van der Waals surface area contributed by atoms with Gasteiger partial charge in [0.15, 0.2) is 5.78 Å². The summed E-state index contributed by atoms with van der Waals surface area (Å²) in [7, 11) is 0. The maximum absolute atomic E-state index is 12.8. The number of aliphatic carboxylic acids is 1. The summed E-state index contributed by atoms with van der Waals surface area (Å²) in [4.78, 5) is 24.6. The zero-order valence-corrected chi connectivity index (χ0v) is 20.9. The van der Waals surface area contributed by atoms with Gasteiger partial charge in [0.05, 0.1) is 12.5 Å². The average Bonchev–Trinajstić information content (AvgIpc) is 2.93. The molecule has 1 fully saturated rings. The molecular weight excluding hydrogens is 448 g/mol. The van der Waals surface area contributed by atoms with Crippen LogP contribution in [0.2, 0.25) is 0 Å². The SMILES string of the molecule is O=C(CC(CCCc1ccccc1)C(=O)O)c1ccc(-c2ccc(OCC3CCCCC3)cc2)cc1. The first-order chi connectivity index (χ1) is 17.6. The van der Waals surface area contributed by atoms with E-state index in [4.69, 9.17) is 4.74 Å². The molecule has 3 aromatic rings. The summed E-state index contributed by atoms with van der Waals surface area (Å²) in [6, 6.07) is 25.6. The molecule has 3 aromatic carbocycles. The van der Waals surface area contributed by atoms with Gasteiger partial charge in [0.25, 0.3) is 0 Å². The molecule has 1 aliphatic rings. The fourth-order valence-electron chi connectivity index (χ4n) is 5.01. The second-order valence-corrected chi connectivity index (χ2v) is 9.96. The van der Waals surface area contributed by atoms with E-state index in [1.165, 1.54) is 37.7 Å². The number of ether oxygens (including phenoxy) is 1. The van der Waals surface area contributed by atoms with Crippen LogP contribution in [0.15, 0.2) is 78.9 Å². The molecule has 0 aromatic heterocycles. The number of carboxylic acids is 1. The maximum atomic E-state index is 12.8. The molecule has 1 unspecified atom stereocenters. The Morgan fingerprint density at radius 1 is 0.833 bits per heavy atom. The largest absolute Gasteiger partial charge is 0.493 e. The lowest BCUT2D eigenvalue weighted by Crippen LogP contribution is -2.18. The van der Waals surface area contributed by atoms with E-state index in [2.05, 4.69) is 0 Å². The van der Waals surface area contributed by atoms with Gasteiger partial charge in [0, 0.05) is 12.0 Å². The van der Waals surface area contributed by atoms with Crippen molar-refractivity contribution in [3.8, 4) is 16.9 Å². The molecule has 188 valence electrons. The van der Waals surface area contributed by atoms with Crippen molar-refractivity contribution in [3.05, 3.63) is 90.0 Å². The first-order valence-corrected chi connectivity index (χ1v) is 13.2. The highest BCUT2D eigenvalue weighted by Gasteiger charge is 2.22. The number of carboxylic acid groups (broad SMARTS) is 1. The van der Waals surface area contributed by atoms with Gasteiger partial charge in [0.2, 0.25) is 0 Å². The van der Waals surface area contributed by atoms with Crippen molar-refractivity contribution in [2.75, 3.05) is 6.61 Å². The van der Waals surface area contributed by atoms with Gasteiger partial charge >= 0.3 is 5.97 Å². The Bertz CT molecular complexity index is 1100. The molecule has 36 heavy (non-hydrogen) atoms. The molecule has 0 bridgehead atoms. The summed E-state index contributed by atoms with van der Waals surface area (Å²) >= 11 is 0. The maximum Gasteiger partial charge on any atom is 0.306 e. The standard InChI is InChI=1S/C32H36O4/c33-31(22-29(32(34)35)13-7-12-24-8-3-1-4-9-24)28-16-14-26(15-17-28)27-18-20-30(21-19-27)36-23-25-10-5-2-6-11-25/h1,3-4,8-9,14-21,25,29H,2,5-7,10-13,22-23H2,(H,34,35). The third-order valence-electron chi connectivity index (χ3n) is 7.25. The predicted molar refractivity (Wildman–Crippen MR) is 143 cm³/mol. The van der Waals surface area contributed by atoms with E-state index in [1.54, 1.807) is 12.1 Å². The summed E-state index contributed by atoms with van der Waals surface area (Å²) in [5, 5.41) is 9.63. The van der Waals surface area contributed by atoms with E-state index in [0.717, 1.165) is 36.3 Å². The first kappa shape index (κ1) is 25.7. The smallest absolute Gasteiger partial charge is 0.306 e. The van der Waals surface area contributed by atoms with Gasteiger partial charge < -0.3 is 9.84 Å². The molecule has 1 N–H and O–H groups in total. The molecule has 0 saturated heterocycles.